The number of urea groups is 1. The van der Waals surface area contributed by atoms with E-state index in [1.807, 2.05) is 0 Å². The largest absolute Gasteiger partial charge is 0.326 e. The minimum absolute atomic E-state index is 0.0537. The average molecular weight is 382 g/mol. The molecule has 9 nitrogen and oxygen atoms in total. The summed E-state index contributed by atoms with van der Waals surface area (Å²) >= 11 is 0. The highest BCUT2D eigenvalue weighted by atomic mass is 32.2. The van der Waals surface area contributed by atoms with E-state index >= 15 is 0 Å². The Balaban J connectivity index is 1.91. The molecule has 1 aromatic rings. The first-order valence-corrected chi connectivity index (χ1v) is 9.45. The second kappa shape index (κ2) is 7.83. The molecule has 1 saturated heterocycles. The number of carbonyl (C=O) groups excluding carboxylic acids is 3. The Hall–Kier alpha value is -2.46. The van der Waals surface area contributed by atoms with Crippen molar-refractivity contribution in [2.24, 2.45) is 0 Å². The predicted molar refractivity (Wildman–Crippen MR) is 94.9 cm³/mol. The fourth-order valence-corrected chi connectivity index (χ4v) is 3.40. The molecule has 4 amide bonds. The van der Waals surface area contributed by atoms with Gasteiger partial charge in [0, 0.05) is 39.8 Å². The molecule has 142 valence electrons. The predicted octanol–water partition coefficient (Wildman–Crippen LogP) is 0.550. The number of benzene rings is 1. The van der Waals surface area contributed by atoms with Crippen molar-refractivity contribution >= 4 is 33.6 Å². The van der Waals surface area contributed by atoms with E-state index in [9.17, 15) is 22.8 Å². The molecule has 0 aromatic heterocycles. The van der Waals surface area contributed by atoms with Crippen LogP contribution in [0, 0.1) is 0 Å². The zero-order valence-electron chi connectivity index (χ0n) is 14.9. The molecule has 1 N–H and O–H groups in total. The zero-order valence-corrected chi connectivity index (χ0v) is 15.7. The number of nitrogens with zero attached hydrogens (tertiary/aromatic N) is 3. The first-order valence-electron chi connectivity index (χ1n) is 8.01. The van der Waals surface area contributed by atoms with E-state index in [1.54, 1.807) is 19.2 Å². The average Bonchev–Trinajstić information content (AvgIpc) is 2.81. The molecule has 1 fully saturated rings. The fraction of sp³-hybridized carbons (Fsp3) is 0.438. The number of hydrogen-bond donors (Lipinski definition) is 1. The molecule has 0 unspecified atom stereocenters. The molecule has 1 heterocycles. The molecule has 0 spiro atoms. The lowest BCUT2D eigenvalue weighted by molar-refractivity contribution is -0.125. The molecule has 0 atom stereocenters. The second-order valence-electron chi connectivity index (χ2n) is 6.15. The first kappa shape index (κ1) is 19.9. The van der Waals surface area contributed by atoms with Gasteiger partial charge in [-0.2, -0.15) is 0 Å². The number of nitrogens with one attached hydrogen (secondary N) is 1. The van der Waals surface area contributed by atoms with Gasteiger partial charge in [-0.15, -0.1) is 0 Å². The lowest BCUT2D eigenvalue weighted by Crippen LogP contribution is -2.32. The van der Waals surface area contributed by atoms with Crippen LogP contribution in [0.1, 0.15) is 12.8 Å². The summed E-state index contributed by atoms with van der Waals surface area (Å²) in [7, 11) is 0.817. The summed E-state index contributed by atoms with van der Waals surface area (Å²) in [5.41, 5.74) is 0.367. The van der Waals surface area contributed by atoms with Crippen LogP contribution in [-0.4, -0.2) is 74.6 Å². The van der Waals surface area contributed by atoms with Crippen molar-refractivity contribution < 1.29 is 22.8 Å². The number of anilines is 1. The maximum atomic E-state index is 12.1. The Kier molecular flexibility index (Phi) is 5.98. The standard InChI is InChI=1S/C16H22N4O5S/c1-18(2)26(24,25)13-7-4-6-12(10-13)17-14(21)8-5-9-20-15(22)11-19(3)16(20)23/h4,6-7,10H,5,8-9,11H2,1-3H3,(H,17,21). The highest BCUT2D eigenvalue weighted by Crippen LogP contribution is 2.18. The molecule has 1 aromatic carbocycles. The summed E-state index contributed by atoms with van der Waals surface area (Å²) in [6.45, 7) is 0.225. The van der Waals surface area contributed by atoms with Crippen molar-refractivity contribution in [3.63, 3.8) is 0 Å². The highest BCUT2D eigenvalue weighted by Gasteiger charge is 2.32. The Labute approximate surface area is 152 Å². The van der Waals surface area contributed by atoms with Crippen LogP contribution < -0.4 is 5.32 Å². The lowest BCUT2D eigenvalue weighted by atomic mass is 10.2. The maximum absolute atomic E-state index is 12.1. The van der Waals surface area contributed by atoms with Crippen LogP contribution in [0.15, 0.2) is 29.2 Å². The van der Waals surface area contributed by atoms with Gasteiger partial charge in [-0.05, 0) is 24.6 Å². The van der Waals surface area contributed by atoms with Gasteiger partial charge in [0.1, 0.15) is 6.54 Å². The van der Waals surface area contributed by atoms with Crippen molar-refractivity contribution in [3.8, 4) is 0 Å². The minimum atomic E-state index is -3.58. The SMILES string of the molecule is CN1CC(=O)N(CCCC(=O)Nc2cccc(S(=O)(=O)N(C)C)c2)C1=O. The second-order valence-corrected chi connectivity index (χ2v) is 8.30. The summed E-state index contributed by atoms with van der Waals surface area (Å²) in [6.07, 6.45) is 0.429. The van der Waals surface area contributed by atoms with Crippen molar-refractivity contribution in [1.29, 1.82) is 0 Å². The van der Waals surface area contributed by atoms with Crippen molar-refractivity contribution in [1.82, 2.24) is 14.1 Å². The Morgan fingerprint density at radius 1 is 1.27 bits per heavy atom. The number of imide groups is 1. The van der Waals surface area contributed by atoms with Crippen LogP contribution >= 0.6 is 0 Å². The van der Waals surface area contributed by atoms with Gasteiger partial charge in [0.05, 0.1) is 4.90 Å². The van der Waals surface area contributed by atoms with Gasteiger partial charge in [-0.25, -0.2) is 17.5 Å². The van der Waals surface area contributed by atoms with E-state index in [1.165, 1.54) is 31.1 Å². The number of rotatable bonds is 7. The zero-order chi connectivity index (χ0) is 19.5. The smallest absolute Gasteiger partial charge is 0.326 e. The third-order valence-corrected chi connectivity index (χ3v) is 5.72. The van der Waals surface area contributed by atoms with E-state index in [2.05, 4.69) is 5.32 Å². The number of carbonyl (C=O) groups is 3. The quantitative estimate of drug-likeness (QED) is 0.693. The van der Waals surface area contributed by atoms with Gasteiger partial charge >= 0.3 is 6.03 Å². The van der Waals surface area contributed by atoms with E-state index < -0.39 is 10.0 Å². The molecule has 0 aliphatic carbocycles. The molecule has 2 rings (SSSR count). The Morgan fingerprint density at radius 2 is 1.96 bits per heavy atom. The monoisotopic (exact) mass is 382 g/mol. The molecular weight excluding hydrogens is 360 g/mol. The third-order valence-electron chi connectivity index (χ3n) is 3.91. The van der Waals surface area contributed by atoms with Crippen LogP contribution in [0.2, 0.25) is 0 Å². The summed E-state index contributed by atoms with van der Waals surface area (Å²) in [6, 6.07) is 5.61. The summed E-state index contributed by atoms with van der Waals surface area (Å²) in [5.74, 6) is -0.601. The highest BCUT2D eigenvalue weighted by molar-refractivity contribution is 7.89. The van der Waals surface area contributed by atoms with E-state index in [4.69, 9.17) is 0 Å². The van der Waals surface area contributed by atoms with E-state index in [0.717, 1.165) is 9.21 Å². The van der Waals surface area contributed by atoms with Crippen LogP contribution in [0.25, 0.3) is 0 Å². The summed E-state index contributed by atoms with van der Waals surface area (Å²) in [4.78, 5) is 37.9. The van der Waals surface area contributed by atoms with Crippen molar-refractivity contribution in [2.45, 2.75) is 17.7 Å². The van der Waals surface area contributed by atoms with Gasteiger partial charge in [-0.1, -0.05) is 6.07 Å². The molecular formula is C16H22N4O5S. The van der Waals surface area contributed by atoms with Gasteiger partial charge < -0.3 is 10.2 Å². The minimum Gasteiger partial charge on any atom is -0.326 e. The Morgan fingerprint density at radius 3 is 2.54 bits per heavy atom. The number of amides is 4. The normalized spacial score (nSPS) is 15.1. The molecule has 0 radical (unpaired) electrons. The van der Waals surface area contributed by atoms with Crippen LogP contribution in [-0.2, 0) is 19.6 Å². The number of likely N-dealkylation sites (N-methyl/N-ethyl adjacent to an activating group) is 1. The number of hydrogen-bond acceptors (Lipinski definition) is 5. The topological polar surface area (TPSA) is 107 Å². The molecule has 1 aliphatic heterocycles. The molecule has 0 bridgehead atoms. The van der Waals surface area contributed by atoms with E-state index in [0.29, 0.717) is 12.1 Å². The van der Waals surface area contributed by atoms with Gasteiger partial charge in [0.25, 0.3) is 0 Å². The van der Waals surface area contributed by atoms with Gasteiger partial charge in [0.2, 0.25) is 21.8 Å². The molecule has 26 heavy (non-hydrogen) atoms. The van der Waals surface area contributed by atoms with Crippen molar-refractivity contribution in [3.05, 3.63) is 24.3 Å². The Bertz CT molecular complexity index is 822. The van der Waals surface area contributed by atoms with Crippen LogP contribution in [0.4, 0.5) is 10.5 Å². The van der Waals surface area contributed by atoms with Gasteiger partial charge in [-0.3, -0.25) is 14.5 Å². The maximum Gasteiger partial charge on any atom is 0.326 e. The van der Waals surface area contributed by atoms with Crippen molar-refractivity contribution in [2.75, 3.05) is 39.5 Å². The molecule has 10 heteroatoms. The molecule has 0 saturated carbocycles. The first-order chi connectivity index (χ1) is 12.1. The fourth-order valence-electron chi connectivity index (χ4n) is 2.46. The van der Waals surface area contributed by atoms with Gasteiger partial charge in [0.15, 0.2) is 0 Å². The number of sulfonamides is 1. The van der Waals surface area contributed by atoms with E-state index in [-0.39, 0.29) is 42.3 Å². The summed E-state index contributed by atoms with van der Waals surface area (Å²) in [5, 5.41) is 2.63. The summed E-state index contributed by atoms with van der Waals surface area (Å²) < 4.78 is 25.3. The lowest BCUT2D eigenvalue weighted by Gasteiger charge is -2.14. The molecule has 1 aliphatic rings. The third kappa shape index (κ3) is 4.38. The van der Waals surface area contributed by atoms with Crippen LogP contribution in [0.3, 0.4) is 0 Å². The van der Waals surface area contributed by atoms with Crippen LogP contribution in [0.5, 0.6) is 0 Å².